The number of benzene rings is 4. The number of imidazole rings is 1. The Hall–Kier alpha value is -4.15. The predicted octanol–water partition coefficient (Wildman–Crippen LogP) is 9.01. The molecule has 5 rings (SSSR count). The lowest BCUT2D eigenvalue weighted by molar-refractivity contribution is 0.241. The van der Waals surface area contributed by atoms with Gasteiger partial charge in [0.05, 0.1) is 18.0 Å². The molecule has 0 amide bonds. The normalized spacial score (nSPS) is 11.2. The van der Waals surface area contributed by atoms with E-state index < -0.39 is 0 Å². The molecule has 41 heavy (non-hydrogen) atoms. The Morgan fingerprint density at radius 1 is 0.634 bits per heavy atom. The van der Waals surface area contributed by atoms with Gasteiger partial charge in [-0.25, -0.2) is 4.98 Å². The zero-order valence-corrected chi connectivity index (χ0v) is 24.4. The van der Waals surface area contributed by atoms with Gasteiger partial charge in [-0.3, -0.25) is 4.90 Å². The summed E-state index contributed by atoms with van der Waals surface area (Å²) in [6, 6.07) is 40.6. The van der Waals surface area contributed by atoms with Gasteiger partial charge < -0.3 is 9.30 Å². The van der Waals surface area contributed by atoms with Gasteiger partial charge in [0.2, 0.25) is 0 Å². The molecule has 1 aromatic heterocycles. The van der Waals surface area contributed by atoms with E-state index in [9.17, 15) is 0 Å². The van der Waals surface area contributed by atoms with Gasteiger partial charge in [0.15, 0.2) is 0 Å². The summed E-state index contributed by atoms with van der Waals surface area (Å²) in [6.45, 7) is 8.54. The molecule has 210 valence electrons. The molecule has 0 fully saturated rings. The van der Waals surface area contributed by atoms with Gasteiger partial charge in [-0.1, -0.05) is 123 Å². The van der Waals surface area contributed by atoms with Crippen LogP contribution in [0.15, 0.2) is 115 Å². The monoisotopic (exact) mass is 543 g/mol. The second-order valence-corrected chi connectivity index (χ2v) is 10.6. The van der Waals surface area contributed by atoms with E-state index in [-0.39, 0.29) is 0 Å². The first kappa shape index (κ1) is 28.4. The second kappa shape index (κ2) is 14.5. The Balaban J connectivity index is 1.55. The minimum Gasteiger partial charge on any atom is -0.494 e. The van der Waals surface area contributed by atoms with Gasteiger partial charge in [-0.15, -0.1) is 0 Å². The Bertz CT molecular complexity index is 1460. The van der Waals surface area contributed by atoms with E-state index in [0.29, 0.717) is 0 Å². The molecular weight excluding hydrogens is 502 g/mol. The summed E-state index contributed by atoms with van der Waals surface area (Å²) in [6.07, 6.45) is 3.25. The highest BCUT2D eigenvalue weighted by molar-refractivity contribution is 5.68. The number of unbranched alkanes of at least 4 members (excludes halogenated alkanes) is 1. The summed E-state index contributed by atoms with van der Waals surface area (Å²) in [5.41, 5.74) is 7.23. The Morgan fingerprint density at radius 2 is 1.22 bits per heavy atom. The highest BCUT2D eigenvalue weighted by Crippen LogP contribution is 2.32. The van der Waals surface area contributed by atoms with Crippen LogP contribution in [0.25, 0.3) is 22.6 Å². The number of ether oxygens (including phenoxy) is 1. The maximum absolute atomic E-state index is 5.84. The quantitative estimate of drug-likeness (QED) is 0.140. The van der Waals surface area contributed by atoms with Crippen molar-refractivity contribution < 1.29 is 4.74 Å². The van der Waals surface area contributed by atoms with E-state index in [2.05, 4.69) is 139 Å². The van der Waals surface area contributed by atoms with Crippen molar-refractivity contribution in [2.45, 2.75) is 59.3 Å². The molecule has 5 aromatic rings. The highest BCUT2D eigenvalue weighted by atomic mass is 16.5. The topological polar surface area (TPSA) is 30.3 Å². The van der Waals surface area contributed by atoms with Crippen molar-refractivity contribution in [3.8, 4) is 28.4 Å². The first-order valence-electron chi connectivity index (χ1n) is 14.9. The number of hydrogen-bond acceptors (Lipinski definition) is 3. The number of nitrogens with zero attached hydrogens (tertiary/aromatic N) is 3. The fourth-order valence-electron chi connectivity index (χ4n) is 5.23. The lowest BCUT2D eigenvalue weighted by atomic mass is 10.1. The molecule has 0 aliphatic heterocycles. The van der Waals surface area contributed by atoms with Crippen molar-refractivity contribution in [2.75, 3.05) is 6.61 Å². The van der Waals surface area contributed by atoms with Crippen LogP contribution < -0.4 is 4.74 Å². The van der Waals surface area contributed by atoms with Crippen LogP contribution in [0.2, 0.25) is 0 Å². The van der Waals surface area contributed by atoms with E-state index in [1.807, 2.05) is 0 Å². The summed E-state index contributed by atoms with van der Waals surface area (Å²) in [5, 5.41) is 0. The molecule has 0 aliphatic rings. The number of rotatable bonds is 14. The van der Waals surface area contributed by atoms with Gasteiger partial charge in [0, 0.05) is 37.3 Å². The van der Waals surface area contributed by atoms with Crippen LogP contribution in [0.1, 0.15) is 49.9 Å². The van der Waals surface area contributed by atoms with Crippen LogP contribution >= 0.6 is 0 Å². The summed E-state index contributed by atoms with van der Waals surface area (Å²) < 4.78 is 8.32. The van der Waals surface area contributed by atoms with Crippen molar-refractivity contribution in [3.63, 3.8) is 0 Å². The third kappa shape index (κ3) is 7.53. The lowest BCUT2D eigenvalue weighted by Gasteiger charge is -2.25. The summed E-state index contributed by atoms with van der Waals surface area (Å²) >= 11 is 0. The first-order valence-corrected chi connectivity index (χ1v) is 14.9. The van der Waals surface area contributed by atoms with E-state index in [1.165, 1.54) is 16.8 Å². The largest absolute Gasteiger partial charge is 0.494 e. The molecule has 0 N–H and O–H groups in total. The Kier molecular flexibility index (Phi) is 10.0. The van der Waals surface area contributed by atoms with Gasteiger partial charge in [0.1, 0.15) is 11.6 Å². The van der Waals surface area contributed by atoms with Crippen molar-refractivity contribution in [1.29, 1.82) is 0 Å². The second-order valence-electron chi connectivity index (χ2n) is 10.6. The van der Waals surface area contributed by atoms with Crippen LogP contribution in [0.3, 0.4) is 0 Å². The van der Waals surface area contributed by atoms with Crippen LogP contribution in [0.4, 0.5) is 0 Å². The minimum absolute atomic E-state index is 0.743. The number of hydrogen-bond donors (Lipinski definition) is 0. The first-order chi connectivity index (χ1) is 20.2. The smallest absolute Gasteiger partial charge is 0.140 e. The SMILES string of the molecule is CCCCn1c(-c2ccccc2)nc(-c2ccccc2)c1CN(Cc1ccccc1)Cc1ccc(OCCC)cc1. The lowest BCUT2D eigenvalue weighted by Crippen LogP contribution is -2.24. The molecule has 0 saturated heterocycles. The molecule has 0 radical (unpaired) electrons. The molecule has 4 aromatic carbocycles. The van der Waals surface area contributed by atoms with Crippen LogP contribution in [0, 0.1) is 0 Å². The molecule has 0 saturated carbocycles. The molecule has 0 aliphatic carbocycles. The Labute approximate surface area is 245 Å². The van der Waals surface area contributed by atoms with Gasteiger partial charge in [-0.05, 0) is 36.1 Å². The molecule has 0 atom stereocenters. The summed E-state index contributed by atoms with van der Waals surface area (Å²) in [5.74, 6) is 1.98. The highest BCUT2D eigenvalue weighted by Gasteiger charge is 2.22. The van der Waals surface area contributed by atoms with Crippen LogP contribution in [0.5, 0.6) is 5.75 Å². The van der Waals surface area contributed by atoms with Crippen molar-refractivity contribution >= 4 is 0 Å². The Morgan fingerprint density at radius 3 is 1.83 bits per heavy atom. The zero-order chi connectivity index (χ0) is 28.3. The predicted molar refractivity (Wildman–Crippen MR) is 170 cm³/mol. The average Bonchev–Trinajstić information content (AvgIpc) is 3.38. The zero-order valence-electron chi connectivity index (χ0n) is 24.4. The molecule has 0 spiro atoms. The molecule has 4 heteroatoms. The fraction of sp³-hybridized carbons (Fsp3) is 0.270. The molecule has 0 unspecified atom stereocenters. The molecule has 4 nitrogen and oxygen atoms in total. The van der Waals surface area contributed by atoms with Crippen LogP contribution in [-0.2, 0) is 26.2 Å². The van der Waals surface area contributed by atoms with Crippen molar-refractivity contribution in [1.82, 2.24) is 14.5 Å². The molecule has 0 bridgehead atoms. The van der Waals surface area contributed by atoms with Gasteiger partial charge in [0.25, 0.3) is 0 Å². The van der Waals surface area contributed by atoms with Crippen LogP contribution in [-0.4, -0.2) is 21.1 Å². The van der Waals surface area contributed by atoms with E-state index in [1.54, 1.807) is 0 Å². The van der Waals surface area contributed by atoms with Crippen molar-refractivity contribution in [3.05, 3.63) is 132 Å². The third-order valence-corrected chi connectivity index (χ3v) is 7.31. The number of aromatic nitrogens is 2. The fourth-order valence-corrected chi connectivity index (χ4v) is 5.23. The van der Waals surface area contributed by atoms with E-state index >= 15 is 0 Å². The maximum Gasteiger partial charge on any atom is 0.140 e. The molecule has 1 heterocycles. The maximum atomic E-state index is 5.84. The summed E-state index contributed by atoms with van der Waals surface area (Å²) in [7, 11) is 0. The van der Waals surface area contributed by atoms with E-state index in [0.717, 1.165) is 80.4 Å². The van der Waals surface area contributed by atoms with Gasteiger partial charge >= 0.3 is 0 Å². The van der Waals surface area contributed by atoms with Crippen molar-refractivity contribution in [2.24, 2.45) is 0 Å². The minimum atomic E-state index is 0.743. The summed E-state index contributed by atoms with van der Waals surface area (Å²) in [4.78, 5) is 7.87. The molecular formula is C37H41N3O. The van der Waals surface area contributed by atoms with Gasteiger partial charge in [-0.2, -0.15) is 0 Å². The standard InChI is InChI=1S/C37H41N3O/c1-3-5-25-40-35(36(32-17-11-7-12-18-32)38-37(40)33-19-13-8-14-20-33)29-39(27-30-15-9-6-10-16-30)28-31-21-23-34(24-22-31)41-26-4-2/h6-24H,3-5,25-29H2,1-2H3. The third-order valence-electron chi connectivity index (χ3n) is 7.31. The van der Waals surface area contributed by atoms with E-state index in [4.69, 9.17) is 9.72 Å². The average molecular weight is 544 g/mol.